The zero-order chi connectivity index (χ0) is 7.49. The van der Waals surface area contributed by atoms with Crippen molar-refractivity contribution in [2.75, 3.05) is 14.2 Å². The molecule has 0 saturated carbocycles. The van der Waals surface area contributed by atoms with Crippen LogP contribution in [-0.2, 0) is 4.74 Å². The average Bonchev–Trinajstić information content (AvgIpc) is 1.86. The van der Waals surface area contributed by atoms with Crippen molar-refractivity contribution >= 4 is 0 Å². The van der Waals surface area contributed by atoms with E-state index in [1.54, 1.807) is 21.1 Å². The topological polar surface area (TPSA) is 36.7 Å². The minimum absolute atomic E-state index is 0.0903. The molecule has 0 radical (unpaired) electrons. The van der Waals surface area contributed by atoms with E-state index in [1.807, 2.05) is 6.92 Å². The lowest BCUT2D eigenvalue weighted by molar-refractivity contribution is -0.913. The van der Waals surface area contributed by atoms with Crippen LogP contribution < -0.4 is 5.06 Å². The van der Waals surface area contributed by atoms with Gasteiger partial charge in [-0.3, -0.25) is 0 Å². The molecule has 0 aliphatic rings. The summed E-state index contributed by atoms with van der Waals surface area (Å²) in [5.74, 6) is 0. The molecule has 0 aromatic rings. The molecule has 0 aliphatic carbocycles. The van der Waals surface area contributed by atoms with E-state index < -0.39 is 5.72 Å². The van der Waals surface area contributed by atoms with Gasteiger partial charge in [-0.1, -0.05) is 6.92 Å². The highest BCUT2D eigenvalue weighted by Gasteiger charge is 2.25. The normalized spacial score (nSPS) is 21.0. The molecule has 9 heavy (non-hydrogen) atoms. The highest BCUT2D eigenvalue weighted by Crippen LogP contribution is 2.02. The van der Waals surface area contributed by atoms with E-state index in [4.69, 9.17) is 4.74 Å². The van der Waals surface area contributed by atoms with Crippen molar-refractivity contribution in [2.24, 2.45) is 0 Å². The first-order valence-electron chi connectivity index (χ1n) is 3.13. The van der Waals surface area contributed by atoms with Gasteiger partial charge >= 0.3 is 0 Å². The number of hydrogen-bond donors (Lipinski definition) is 1. The van der Waals surface area contributed by atoms with Crippen molar-refractivity contribution < 1.29 is 9.80 Å². The number of rotatable bonds is 3. The summed E-state index contributed by atoms with van der Waals surface area (Å²) in [6.07, 6.45) is 0.735. The Kier molecular flexibility index (Phi) is 3.11. The number of quaternary nitrogens is 1. The van der Waals surface area contributed by atoms with Crippen LogP contribution in [0.15, 0.2) is 0 Å². The molecule has 3 nitrogen and oxygen atoms in total. The first-order valence-corrected chi connectivity index (χ1v) is 3.13. The third-order valence-corrected chi connectivity index (χ3v) is 1.87. The van der Waals surface area contributed by atoms with E-state index in [9.17, 15) is 5.21 Å². The van der Waals surface area contributed by atoms with Crippen LogP contribution in [0.2, 0.25) is 0 Å². The number of nitrogens with one attached hydrogen (secondary N) is 1. The molecule has 3 heteroatoms. The van der Waals surface area contributed by atoms with Crippen molar-refractivity contribution in [1.82, 2.24) is 0 Å². The van der Waals surface area contributed by atoms with Crippen LogP contribution >= 0.6 is 0 Å². The number of ether oxygens (including phenoxy) is 1. The van der Waals surface area contributed by atoms with Crippen molar-refractivity contribution in [3.05, 3.63) is 5.21 Å². The van der Waals surface area contributed by atoms with E-state index >= 15 is 0 Å². The molecule has 56 valence electrons. The molecule has 0 rings (SSSR count). The van der Waals surface area contributed by atoms with Gasteiger partial charge in [-0.25, -0.2) is 0 Å². The Morgan fingerprint density at radius 2 is 2.11 bits per heavy atom. The minimum Gasteiger partial charge on any atom is -0.632 e. The average molecular weight is 133 g/mol. The molecular formula is C6H15NO2. The van der Waals surface area contributed by atoms with Crippen LogP contribution in [0.5, 0.6) is 0 Å². The molecule has 0 amide bonds. The Balaban J connectivity index is 3.92. The lowest BCUT2D eigenvalue weighted by Gasteiger charge is -2.35. The van der Waals surface area contributed by atoms with Gasteiger partial charge in [0.1, 0.15) is 0 Å². The third-order valence-electron chi connectivity index (χ3n) is 1.87. The predicted octanol–water partition coefficient (Wildman–Crippen LogP) is -0.228. The monoisotopic (exact) mass is 133 g/mol. The first kappa shape index (κ1) is 8.88. The lowest BCUT2D eigenvalue weighted by atomic mass is 10.2. The Hall–Kier alpha value is -0.120. The Bertz CT molecular complexity index is 79.1. The molecule has 0 heterocycles. The third kappa shape index (κ3) is 1.93. The second kappa shape index (κ2) is 3.15. The summed E-state index contributed by atoms with van der Waals surface area (Å²) in [5, 5.41) is 10.9. The standard InChI is InChI=1S/C6H15NO2/c1-5-6(2,9-4)7(3)8/h7H,5H2,1-4H3. The maximum absolute atomic E-state index is 10.8. The molecule has 2 unspecified atom stereocenters. The fraction of sp³-hybridized carbons (Fsp3) is 1.00. The molecule has 0 fully saturated rings. The van der Waals surface area contributed by atoms with Gasteiger partial charge < -0.3 is 15.0 Å². The van der Waals surface area contributed by atoms with E-state index in [2.05, 4.69) is 0 Å². The van der Waals surface area contributed by atoms with E-state index in [0.29, 0.717) is 0 Å². The largest absolute Gasteiger partial charge is 0.632 e. The quantitative estimate of drug-likeness (QED) is 0.426. The van der Waals surface area contributed by atoms with Gasteiger partial charge in [0.05, 0.1) is 7.05 Å². The van der Waals surface area contributed by atoms with E-state index in [-0.39, 0.29) is 5.06 Å². The van der Waals surface area contributed by atoms with Gasteiger partial charge in [0.25, 0.3) is 0 Å². The van der Waals surface area contributed by atoms with Crippen molar-refractivity contribution in [2.45, 2.75) is 26.0 Å². The van der Waals surface area contributed by atoms with Crippen LogP contribution in [0.25, 0.3) is 0 Å². The number of hydroxylamine groups is 2. The summed E-state index contributed by atoms with van der Waals surface area (Å²) in [6, 6.07) is 0. The zero-order valence-corrected chi connectivity index (χ0v) is 6.52. The Labute approximate surface area is 56.2 Å². The molecule has 0 aromatic carbocycles. The number of methoxy groups -OCH3 is 1. The van der Waals surface area contributed by atoms with Crippen molar-refractivity contribution in [1.29, 1.82) is 0 Å². The maximum atomic E-state index is 10.8. The predicted molar refractivity (Wildman–Crippen MR) is 36.0 cm³/mol. The first-order chi connectivity index (χ1) is 4.06. The second-order valence-electron chi connectivity index (χ2n) is 2.34. The fourth-order valence-corrected chi connectivity index (χ4v) is 0.537. The molecule has 0 aromatic heterocycles. The van der Waals surface area contributed by atoms with Gasteiger partial charge in [0, 0.05) is 20.5 Å². The minimum atomic E-state index is -0.556. The Morgan fingerprint density at radius 1 is 1.67 bits per heavy atom. The van der Waals surface area contributed by atoms with Crippen LogP contribution in [-0.4, -0.2) is 19.9 Å². The lowest BCUT2D eigenvalue weighted by Crippen LogP contribution is -3.13. The molecule has 0 saturated heterocycles. The summed E-state index contributed by atoms with van der Waals surface area (Å²) >= 11 is 0. The highest BCUT2D eigenvalue weighted by molar-refractivity contribution is 4.54. The van der Waals surface area contributed by atoms with Crippen LogP contribution in [0.3, 0.4) is 0 Å². The zero-order valence-electron chi connectivity index (χ0n) is 6.52. The van der Waals surface area contributed by atoms with Crippen LogP contribution in [0, 0.1) is 5.21 Å². The summed E-state index contributed by atoms with van der Waals surface area (Å²) in [6.45, 7) is 3.74. The summed E-state index contributed by atoms with van der Waals surface area (Å²) in [7, 11) is 3.11. The highest BCUT2D eigenvalue weighted by atomic mass is 16.6. The van der Waals surface area contributed by atoms with Crippen molar-refractivity contribution in [3.8, 4) is 0 Å². The van der Waals surface area contributed by atoms with Crippen molar-refractivity contribution in [3.63, 3.8) is 0 Å². The van der Waals surface area contributed by atoms with Gasteiger partial charge in [0.15, 0.2) is 5.72 Å². The Morgan fingerprint density at radius 3 is 2.11 bits per heavy atom. The molecule has 0 aliphatic heterocycles. The molecule has 0 spiro atoms. The molecule has 1 N–H and O–H groups in total. The summed E-state index contributed by atoms with van der Waals surface area (Å²) in [4.78, 5) is 0. The SMILES string of the molecule is CCC(C)(OC)[NH+](C)[O-]. The smallest absolute Gasteiger partial charge is 0.197 e. The van der Waals surface area contributed by atoms with E-state index in [1.165, 1.54) is 0 Å². The number of hydrogen-bond acceptors (Lipinski definition) is 2. The summed E-state index contributed by atoms with van der Waals surface area (Å²) < 4.78 is 5.00. The van der Waals surface area contributed by atoms with E-state index in [0.717, 1.165) is 6.42 Å². The van der Waals surface area contributed by atoms with Gasteiger partial charge in [-0.05, 0) is 0 Å². The van der Waals surface area contributed by atoms with Gasteiger partial charge in [-0.15, -0.1) is 0 Å². The summed E-state index contributed by atoms with van der Waals surface area (Å²) in [5.41, 5.74) is -0.556. The second-order valence-corrected chi connectivity index (χ2v) is 2.34. The van der Waals surface area contributed by atoms with Crippen LogP contribution in [0.1, 0.15) is 20.3 Å². The van der Waals surface area contributed by atoms with Gasteiger partial charge in [0.2, 0.25) is 0 Å². The van der Waals surface area contributed by atoms with Gasteiger partial charge in [-0.2, -0.15) is 0 Å². The fourth-order valence-electron chi connectivity index (χ4n) is 0.537. The molecular weight excluding hydrogens is 118 g/mol. The maximum Gasteiger partial charge on any atom is 0.197 e. The van der Waals surface area contributed by atoms with Crippen LogP contribution in [0.4, 0.5) is 0 Å². The molecule has 0 bridgehead atoms. The molecule has 2 atom stereocenters.